The van der Waals surface area contributed by atoms with Gasteiger partial charge in [0.05, 0.1) is 16.8 Å². The maximum atomic E-state index is 5.37. The van der Waals surface area contributed by atoms with Gasteiger partial charge in [-0.1, -0.05) is 109 Å². The van der Waals surface area contributed by atoms with Crippen molar-refractivity contribution in [1.82, 2.24) is 4.98 Å². The molecule has 0 spiro atoms. The molecule has 7 rings (SSSR count). The third-order valence-electron chi connectivity index (χ3n) is 7.07. The monoisotopic (exact) mass is 434 g/mol. The number of nitrogens with one attached hydrogen (secondary N) is 1. The molecule has 0 atom stereocenters. The number of H-pyrrole nitrogens is 1. The van der Waals surface area contributed by atoms with Crippen molar-refractivity contribution in [1.29, 1.82) is 0 Å². The maximum absolute atomic E-state index is 5.37. The standard InChI is InChI=1S/C32H22N2/c1-4-12-22(13-5-1)31-32(23-14-6-2-7-15-23,24-16-8-3-9-17-24)27-21-29-26(20-30(27)34-31)25-18-10-11-19-28(25)33-29/h1-21,33H. The topological polar surface area (TPSA) is 28.1 Å². The van der Waals surface area contributed by atoms with Crippen LogP contribution in [0.5, 0.6) is 0 Å². The number of aliphatic imine (C=N–C) groups is 1. The Morgan fingerprint density at radius 3 is 1.79 bits per heavy atom. The molecule has 0 unspecified atom stereocenters. The minimum atomic E-state index is -0.509. The van der Waals surface area contributed by atoms with Gasteiger partial charge >= 0.3 is 0 Å². The highest BCUT2D eigenvalue weighted by Crippen LogP contribution is 2.52. The van der Waals surface area contributed by atoms with E-state index < -0.39 is 5.41 Å². The van der Waals surface area contributed by atoms with Gasteiger partial charge in [0.15, 0.2) is 0 Å². The molecule has 5 aromatic carbocycles. The van der Waals surface area contributed by atoms with Crippen LogP contribution in [0.1, 0.15) is 22.3 Å². The van der Waals surface area contributed by atoms with Gasteiger partial charge in [0.2, 0.25) is 0 Å². The highest BCUT2D eigenvalue weighted by atomic mass is 14.8. The number of aromatic amines is 1. The second-order valence-corrected chi connectivity index (χ2v) is 8.89. The Labute approximate surface area is 198 Å². The number of benzene rings is 5. The molecule has 0 bridgehead atoms. The van der Waals surface area contributed by atoms with Crippen LogP contribution in [0.15, 0.2) is 132 Å². The van der Waals surface area contributed by atoms with Crippen LogP contribution in [0.25, 0.3) is 21.8 Å². The fourth-order valence-electron chi connectivity index (χ4n) is 5.62. The average molecular weight is 435 g/mol. The van der Waals surface area contributed by atoms with E-state index in [1.165, 1.54) is 27.5 Å². The van der Waals surface area contributed by atoms with Gasteiger partial charge in [-0.2, -0.15) is 0 Å². The van der Waals surface area contributed by atoms with Gasteiger partial charge in [0, 0.05) is 27.4 Å². The summed E-state index contributed by atoms with van der Waals surface area (Å²) >= 11 is 0. The largest absolute Gasteiger partial charge is 0.354 e. The van der Waals surface area contributed by atoms with Crippen molar-refractivity contribution < 1.29 is 0 Å². The van der Waals surface area contributed by atoms with Gasteiger partial charge in [-0.05, 0) is 34.9 Å². The molecule has 2 nitrogen and oxygen atoms in total. The van der Waals surface area contributed by atoms with Gasteiger partial charge in [-0.15, -0.1) is 0 Å². The van der Waals surface area contributed by atoms with Crippen LogP contribution in [0, 0.1) is 0 Å². The number of rotatable bonds is 3. The Morgan fingerprint density at radius 1 is 0.529 bits per heavy atom. The van der Waals surface area contributed by atoms with E-state index in [0.717, 1.165) is 28.0 Å². The molecule has 0 saturated carbocycles. The summed E-state index contributed by atoms with van der Waals surface area (Å²) in [5.41, 5.74) is 8.67. The summed E-state index contributed by atoms with van der Waals surface area (Å²) in [6.45, 7) is 0. The molecule has 0 saturated heterocycles. The highest BCUT2D eigenvalue weighted by molar-refractivity contribution is 6.19. The Morgan fingerprint density at radius 2 is 1.12 bits per heavy atom. The van der Waals surface area contributed by atoms with Crippen LogP contribution < -0.4 is 0 Å². The number of aromatic nitrogens is 1. The van der Waals surface area contributed by atoms with E-state index in [1.807, 2.05) is 0 Å². The SMILES string of the molecule is c1ccc(C2=Nc3cc4c(cc3C2(c2ccccc2)c2ccccc2)[nH]c2ccccc24)cc1. The first-order valence-electron chi connectivity index (χ1n) is 11.7. The Balaban J connectivity index is 1.64. The van der Waals surface area contributed by atoms with Crippen LogP contribution in [0.3, 0.4) is 0 Å². The molecule has 1 N–H and O–H groups in total. The van der Waals surface area contributed by atoms with Crippen molar-refractivity contribution in [3.63, 3.8) is 0 Å². The smallest absolute Gasteiger partial charge is 0.0901 e. The summed E-state index contributed by atoms with van der Waals surface area (Å²) in [4.78, 5) is 9.02. The predicted octanol–water partition coefficient (Wildman–Crippen LogP) is 7.79. The first-order valence-corrected chi connectivity index (χ1v) is 11.7. The zero-order chi connectivity index (χ0) is 22.5. The van der Waals surface area contributed by atoms with Crippen molar-refractivity contribution in [3.05, 3.63) is 150 Å². The Kier molecular flexibility index (Phi) is 4.09. The minimum Gasteiger partial charge on any atom is -0.354 e. The van der Waals surface area contributed by atoms with E-state index in [9.17, 15) is 0 Å². The fourth-order valence-corrected chi connectivity index (χ4v) is 5.62. The lowest BCUT2D eigenvalue weighted by Gasteiger charge is -2.34. The lowest BCUT2D eigenvalue weighted by Crippen LogP contribution is -2.36. The van der Waals surface area contributed by atoms with Crippen molar-refractivity contribution in [2.24, 2.45) is 4.99 Å². The maximum Gasteiger partial charge on any atom is 0.0901 e. The number of hydrogen-bond donors (Lipinski definition) is 1. The van der Waals surface area contributed by atoms with E-state index in [2.05, 4.69) is 132 Å². The molecule has 1 aliphatic heterocycles. The Bertz CT molecular complexity index is 1640. The molecule has 0 radical (unpaired) electrons. The van der Waals surface area contributed by atoms with E-state index in [1.54, 1.807) is 0 Å². The fraction of sp³-hybridized carbons (Fsp3) is 0.0312. The summed E-state index contributed by atoms with van der Waals surface area (Å²) in [7, 11) is 0. The van der Waals surface area contributed by atoms with E-state index in [-0.39, 0.29) is 0 Å². The molecule has 0 amide bonds. The van der Waals surface area contributed by atoms with E-state index in [4.69, 9.17) is 4.99 Å². The van der Waals surface area contributed by atoms with E-state index >= 15 is 0 Å². The number of fused-ring (bicyclic) bond motifs is 4. The molecule has 6 aromatic rings. The Hall–Kier alpha value is -4.43. The summed E-state index contributed by atoms with van der Waals surface area (Å²) in [5.74, 6) is 0. The van der Waals surface area contributed by atoms with Crippen LogP contribution in [-0.4, -0.2) is 10.7 Å². The minimum absolute atomic E-state index is 0.509. The number of nitrogens with zero attached hydrogens (tertiary/aromatic N) is 1. The zero-order valence-corrected chi connectivity index (χ0v) is 18.6. The predicted molar refractivity (Wildman–Crippen MR) is 141 cm³/mol. The lowest BCUT2D eigenvalue weighted by atomic mass is 9.65. The summed E-state index contributed by atoms with van der Waals surface area (Å²) in [6, 6.07) is 45.3. The first kappa shape index (κ1) is 19.1. The summed E-state index contributed by atoms with van der Waals surface area (Å²) in [5, 5.41) is 2.44. The molecular weight excluding hydrogens is 412 g/mol. The van der Waals surface area contributed by atoms with Crippen LogP contribution in [-0.2, 0) is 5.41 Å². The number of hydrogen-bond acceptors (Lipinski definition) is 1. The normalized spacial score (nSPS) is 14.3. The third-order valence-corrected chi connectivity index (χ3v) is 7.07. The highest BCUT2D eigenvalue weighted by Gasteiger charge is 2.47. The first-order chi connectivity index (χ1) is 16.9. The molecule has 1 aromatic heterocycles. The van der Waals surface area contributed by atoms with Crippen molar-refractivity contribution in [2.75, 3.05) is 0 Å². The molecular formula is C32H22N2. The van der Waals surface area contributed by atoms with Crippen LogP contribution >= 0.6 is 0 Å². The van der Waals surface area contributed by atoms with Crippen LogP contribution in [0.2, 0.25) is 0 Å². The zero-order valence-electron chi connectivity index (χ0n) is 18.6. The second kappa shape index (κ2) is 7.29. The van der Waals surface area contributed by atoms with Crippen molar-refractivity contribution in [2.45, 2.75) is 5.41 Å². The average Bonchev–Trinajstić information content (AvgIpc) is 3.44. The molecule has 0 fully saturated rings. The van der Waals surface area contributed by atoms with Gasteiger partial charge < -0.3 is 4.98 Å². The lowest BCUT2D eigenvalue weighted by molar-refractivity contribution is 0.852. The quantitative estimate of drug-likeness (QED) is 0.294. The molecule has 2 heteroatoms. The third kappa shape index (κ3) is 2.60. The molecule has 34 heavy (non-hydrogen) atoms. The van der Waals surface area contributed by atoms with Crippen LogP contribution in [0.4, 0.5) is 5.69 Å². The van der Waals surface area contributed by atoms with Gasteiger partial charge in [-0.3, -0.25) is 4.99 Å². The molecule has 160 valence electrons. The van der Waals surface area contributed by atoms with Gasteiger partial charge in [0.1, 0.15) is 0 Å². The van der Waals surface area contributed by atoms with E-state index in [0.29, 0.717) is 0 Å². The van der Waals surface area contributed by atoms with Gasteiger partial charge in [-0.25, -0.2) is 0 Å². The molecule has 2 heterocycles. The second-order valence-electron chi connectivity index (χ2n) is 8.89. The molecule has 1 aliphatic rings. The van der Waals surface area contributed by atoms with Crippen molar-refractivity contribution in [3.8, 4) is 0 Å². The molecule has 0 aliphatic carbocycles. The van der Waals surface area contributed by atoms with Crippen molar-refractivity contribution >= 4 is 33.2 Å². The summed E-state index contributed by atoms with van der Waals surface area (Å²) in [6.07, 6.45) is 0. The summed E-state index contributed by atoms with van der Waals surface area (Å²) < 4.78 is 0. The number of para-hydroxylation sites is 1. The van der Waals surface area contributed by atoms with Gasteiger partial charge in [0.25, 0.3) is 0 Å².